The fourth-order valence-corrected chi connectivity index (χ4v) is 2.30. The van der Waals surface area contributed by atoms with Crippen LogP contribution < -0.4 is 11.1 Å². The molecule has 2 rings (SSSR count). The van der Waals surface area contributed by atoms with Crippen LogP contribution in [-0.4, -0.2) is 17.1 Å². The molecule has 0 saturated heterocycles. The predicted octanol–water partition coefficient (Wildman–Crippen LogP) is 3.43. The normalized spacial score (nSPS) is 14.4. The first-order chi connectivity index (χ1) is 8.56. The molecule has 0 bridgehead atoms. The van der Waals surface area contributed by atoms with Crippen molar-refractivity contribution in [2.45, 2.75) is 32.4 Å². The Hall–Kier alpha value is -1.32. The summed E-state index contributed by atoms with van der Waals surface area (Å²) in [6.07, 6.45) is 2.72. The molecule has 2 unspecified atom stereocenters. The molecule has 3 nitrogen and oxygen atoms in total. The summed E-state index contributed by atoms with van der Waals surface area (Å²) in [6.45, 7) is 4.15. The van der Waals surface area contributed by atoms with E-state index in [0.29, 0.717) is 11.1 Å². The third kappa shape index (κ3) is 3.12. The van der Waals surface area contributed by atoms with E-state index in [2.05, 4.69) is 17.2 Å². The van der Waals surface area contributed by atoms with Crippen LogP contribution in [0.15, 0.2) is 30.5 Å². The zero-order valence-electron chi connectivity index (χ0n) is 10.7. The maximum atomic E-state index is 5.97. The maximum Gasteiger partial charge on any atom is 0.0737 e. The van der Waals surface area contributed by atoms with E-state index < -0.39 is 0 Å². The van der Waals surface area contributed by atoms with E-state index in [1.807, 2.05) is 31.2 Å². The second kappa shape index (κ2) is 5.55. The van der Waals surface area contributed by atoms with E-state index in [-0.39, 0.29) is 6.04 Å². The smallest absolute Gasteiger partial charge is 0.0737 e. The standard InChI is InChI=1S/C14H18ClN3/c1-9(16)7-10(2)18-13-5-6-17-14-8-11(15)3-4-12(13)14/h3-6,8-10H,7,16H2,1-2H3,(H,17,18). The van der Waals surface area contributed by atoms with Gasteiger partial charge in [-0.1, -0.05) is 11.6 Å². The molecule has 3 N–H and O–H groups in total. The fourth-order valence-electron chi connectivity index (χ4n) is 2.13. The molecule has 0 fully saturated rings. The zero-order chi connectivity index (χ0) is 13.1. The average Bonchev–Trinajstić information content (AvgIpc) is 2.27. The van der Waals surface area contributed by atoms with Crippen LogP contribution in [0.4, 0.5) is 5.69 Å². The van der Waals surface area contributed by atoms with Gasteiger partial charge in [0.1, 0.15) is 0 Å². The van der Waals surface area contributed by atoms with Crippen molar-refractivity contribution in [2.75, 3.05) is 5.32 Å². The van der Waals surface area contributed by atoms with E-state index in [1.165, 1.54) is 0 Å². The van der Waals surface area contributed by atoms with Gasteiger partial charge in [-0.3, -0.25) is 4.98 Å². The Kier molecular flexibility index (Phi) is 4.04. The molecule has 4 heteroatoms. The number of anilines is 1. The first kappa shape index (κ1) is 13.1. The lowest BCUT2D eigenvalue weighted by Gasteiger charge is -2.18. The highest BCUT2D eigenvalue weighted by Gasteiger charge is 2.08. The van der Waals surface area contributed by atoms with E-state index in [9.17, 15) is 0 Å². The van der Waals surface area contributed by atoms with Gasteiger partial charge in [-0.25, -0.2) is 0 Å². The number of halogens is 1. The van der Waals surface area contributed by atoms with Crippen LogP contribution in [0.3, 0.4) is 0 Å². The molecule has 1 aromatic heterocycles. The van der Waals surface area contributed by atoms with Crippen molar-refractivity contribution in [1.29, 1.82) is 0 Å². The van der Waals surface area contributed by atoms with Crippen LogP contribution in [0.2, 0.25) is 5.02 Å². The molecule has 2 atom stereocenters. The maximum absolute atomic E-state index is 5.97. The minimum Gasteiger partial charge on any atom is -0.382 e. The number of fused-ring (bicyclic) bond motifs is 1. The third-order valence-electron chi connectivity index (χ3n) is 2.83. The van der Waals surface area contributed by atoms with Crippen LogP contribution in [0.25, 0.3) is 10.9 Å². The number of aromatic nitrogens is 1. The molecule has 0 saturated carbocycles. The summed E-state index contributed by atoms with van der Waals surface area (Å²) < 4.78 is 0. The molecule has 1 aromatic carbocycles. The molecule has 1 heterocycles. The van der Waals surface area contributed by atoms with Crippen molar-refractivity contribution in [2.24, 2.45) is 5.73 Å². The quantitative estimate of drug-likeness (QED) is 0.889. The first-order valence-corrected chi connectivity index (χ1v) is 6.50. The Morgan fingerprint density at radius 2 is 2.11 bits per heavy atom. The van der Waals surface area contributed by atoms with Gasteiger partial charge in [-0.2, -0.15) is 0 Å². The minimum atomic E-state index is 0.190. The number of nitrogens with zero attached hydrogens (tertiary/aromatic N) is 1. The number of pyridine rings is 1. The Morgan fingerprint density at radius 1 is 1.33 bits per heavy atom. The Bertz CT molecular complexity index is 540. The van der Waals surface area contributed by atoms with Crippen molar-refractivity contribution in [3.63, 3.8) is 0 Å². The van der Waals surface area contributed by atoms with E-state index in [4.69, 9.17) is 17.3 Å². The van der Waals surface area contributed by atoms with Crippen molar-refractivity contribution in [1.82, 2.24) is 4.98 Å². The van der Waals surface area contributed by atoms with Crippen molar-refractivity contribution < 1.29 is 0 Å². The highest BCUT2D eigenvalue weighted by molar-refractivity contribution is 6.31. The molecule has 0 spiro atoms. The summed E-state index contributed by atoms with van der Waals surface area (Å²) in [5, 5.41) is 5.26. The van der Waals surface area contributed by atoms with Gasteiger partial charge in [0.05, 0.1) is 5.52 Å². The molecule has 96 valence electrons. The molecule has 0 aliphatic rings. The van der Waals surface area contributed by atoms with Gasteiger partial charge in [0.25, 0.3) is 0 Å². The summed E-state index contributed by atoms with van der Waals surface area (Å²) in [4.78, 5) is 4.32. The van der Waals surface area contributed by atoms with Gasteiger partial charge in [0.2, 0.25) is 0 Å². The van der Waals surface area contributed by atoms with Gasteiger partial charge in [-0.05, 0) is 44.5 Å². The summed E-state index contributed by atoms with van der Waals surface area (Å²) in [6, 6.07) is 8.24. The largest absolute Gasteiger partial charge is 0.382 e. The zero-order valence-corrected chi connectivity index (χ0v) is 11.4. The summed E-state index contributed by atoms with van der Waals surface area (Å²) >= 11 is 5.97. The second-order valence-electron chi connectivity index (χ2n) is 4.78. The second-order valence-corrected chi connectivity index (χ2v) is 5.21. The lowest BCUT2D eigenvalue weighted by Crippen LogP contribution is -2.26. The predicted molar refractivity (Wildman–Crippen MR) is 78.1 cm³/mol. The topological polar surface area (TPSA) is 50.9 Å². The van der Waals surface area contributed by atoms with Gasteiger partial charge in [0, 0.05) is 34.4 Å². The number of nitrogens with two attached hydrogens (primary N) is 1. The molecule has 2 aromatic rings. The molecule has 0 aliphatic heterocycles. The molecule has 0 amide bonds. The average molecular weight is 264 g/mol. The van der Waals surface area contributed by atoms with Crippen LogP contribution in [-0.2, 0) is 0 Å². The molecule has 18 heavy (non-hydrogen) atoms. The summed E-state index contributed by atoms with van der Waals surface area (Å²) in [5.41, 5.74) is 7.79. The minimum absolute atomic E-state index is 0.190. The van der Waals surface area contributed by atoms with Gasteiger partial charge in [-0.15, -0.1) is 0 Å². The van der Waals surface area contributed by atoms with Crippen molar-refractivity contribution in [3.8, 4) is 0 Å². The van der Waals surface area contributed by atoms with Gasteiger partial charge in [0.15, 0.2) is 0 Å². The number of hydrogen-bond donors (Lipinski definition) is 2. The van der Waals surface area contributed by atoms with Crippen LogP contribution >= 0.6 is 11.6 Å². The fraction of sp³-hybridized carbons (Fsp3) is 0.357. The lowest BCUT2D eigenvalue weighted by atomic mass is 10.1. The number of nitrogens with one attached hydrogen (secondary N) is 1. The molecular weight excluding hydrogens is 246 g/mol. The van der Waals surface area contributed by atoms with Crippen LogP contribution in [0.5, 0.6) is 0 Å². The van der Waals surface area contributed by atoms with Crippen LogP contribution in [0.1, 0.15) is 20.3 Å². The molecule has 0 radical (unpaired) electrons. The third-order valence-corrected chi connectivity index (χ3v) is 3.07. The molecule has 0 aliphatic carbocycles. The Balaban J connectivity index is 2.28. The van der Waals surface area contributed by atoms with E-state index in [0.717, 1.165) is 23.0 Å². The van der Waals surface area contributed by atoms with Crippen molar-refractivity contribution >= 4 is 28.2 Å². The summed E-state index contributed by atoms with van der Waals surface area (Å²) in [5.74, 6) is 0. The Labute approximate surface area is 112 Å². The van der Waals surface area contributed by atoms with Crippen molar-refractivity contribution in [3.05, 3.63) is 35.5 Å². The Morgan fingerprint density at radius 3 is 2.83 bits per heavy atom. The van der Waals surface area contributed by atoms with Crippen LogP contribution in [0, 0.1) is 0 Å². The molecular formula is C14H18ClN3. The monoisotopic (exact) mass is 263 g/mol. The number of rotatable bonds is 4. The summed E-state index contributed by atoms with van der Waals surface area (Å²) in [7, 11) is 0. The lowest BCUT2D eigenvalue weighted by molar-refractivity contribution is 0.605. The SMILES string of the molecule is CC(N)CC(C)Nc1ccnc2cc(Cl)ccc12. The number of hydrogen-bond acceptors (Lipinski definition) is 3. The van der Waals surface area contributed by atoms with Gasteiger partial charge >= 0.3 is 0 Å². The first-order valence-electron chi connectivity index (χ1n) is 6.12. The number of benzene rings is 1. The van der Waals surface area contributed by atoms with Gasteiger partial charge < -0.3 is 11.1 Å². The highest BCUT2D eigenvalue weighted by Crippen LogP contribution is 2.25. The highest BCUT2D eigenvalue weighted by atomic mass is 35.5. The van der Waals surface area contributed by atoms with E-state index >= 15 is 0 Å². The van der Waals surface area contributed by atoms with E-state index in [1.54, 1.807) is 6.20 Å².